The second-order valence-corrected chi connectivity index (χ2v) is 2.97. The van der Waals surface area contributed by atoms with Crippen LogP contribution in [0.2, 0.25) is 5.02 Å². The molecule has 0 bridgehead atoms. The molecule has 0 fully saturated rings. The maximum absolute atomic E-state index is 5.87. The van der Waals surface area contributed by atoms with E-state index in [1.165, 1.54) is 0 Å². The van der Waals surface area contributed by atoms with Gasteiger partial charge >= 0.3 is 0 Å². The van der Waals surface area contributed by atoms with Crippen LogP contribution in [0.5, 0.6) is 0 Å². The summed E-state index contributed by atoms with van der Waals surface area (Å²) >= 11 is 5.87. The Morgan fingerprint density at radius 1 is 1.27 bits per heavy atom. The Balaban J connectivity index is 3.21. The number of aryl methyl sites for hydroxylation is 2. The van der Waals surface area contributed by atoms with Crippen molar-refractivity contribution in [2.45, 2.75) is 13.8 Å². The first-order chi connectivity index (χ1) is 5.15. The van der Waals surface area contributed by atoms with Gasteiger partial charge in [0.15, 0.2) is 0 Å². The highest BCUT2D eigenvalue weighted by Gasteiger charge is 2.00. The molecule has 0 spiro atoms. The van der Waals surface area contributed by atoms with Crippen LogP contribution in [0.15, 0.2) is 12.1 Å². The molecular formula is C8H11ClN2. The molecule has 60 valence electrons. The van der Waals surface area contributed by atoms with Gasteiger partial charge in [-0.05, 0) is 31.0 Å². The summed E-state index contributed by atoms with van der Waals surface area (Å²) in [7, 11) is 0. The Kier molecular flexibility index (Phi) is 2.37. The van der Waals surface area contributed by atoms with Crippen LogP contribution in [0.3, 0.4) is 0 Å². The summed E-state index contributed by atoms with van der Waals surface area (Å²) in [4.78, 5) is 0. The maximum atomic E-state index is 5.87. The Morgan fingerprint density at radius 3 is 2.45 bits per heavy atom. The summed E-state index contributed by atoms with van der Waals surface area (Å²) in [6.07, 6.45) is 0. The molecule has 0 heterocycles. The zero-order chi connectivity index (χ0) is 8.43. The van der Waals surface area contributed by atoms with Gasteiger partial charge in [-0.15, -0.1) is 0 Å². The molecule has 3 N–H and O–H groups in total. The van der Waals surface area contributed by atoms with E-state index in [1.54, 1.807) is 0 Å². The standard InChI is InChI=1S/C8H11ClN2/c1-5-3-6(2)8(11-10)4-7(5)9/h3-4,11H,10H2,1-2H3. The van der Waals surface area contributed by atoms with E-state index in [0.29, 0.717) is 0 Å². The number of nitrogen functional groups attached to an aromatic ring is 1. The summed E-state index contributed by atoms with van der Waals surface area (Å²) in [5.41, 5.74) is 5.63. The molecule has 0 radical (unpaired) electrons. The molecule has 1 rings (SSSR count). The third-order valence-corrected chi connectivity index (χ3v) is 2.07. The molecule has 2 nitrogen and oxygen atoms in total. The number of benzene rings is 1. The highest BCUT2D eigenvalue weighted by atomic mass is 35.5. The molecule has 0 atom stereocenters. The number of anilines is 1. The van der Waals surface area contributed by atoms with Crippen LogP contribution in [0.25, 0.3) is 0 Å². The highest BCUT2D eigenvalue weighted by molar-refractivity contribution is 6.31. The molecule has 0 saturated carbocycles. The van der Waals surface area contributed by atoms with E-state index in [9.17, 15) is 0 Å². The molecule has 1 aromatic carbocycles. The molecule has 0 aliphatic rings. The van der Waals surface area contributed by atoms with Gasteiger partial charge in [0.2, 0.25) is 0 Å². The molecular weight excluding hydrogens is 160 g/mol. The van der Waals surface area contributed by atoms with Crippen LogP contribution in [0.4, 0.5) is 5.69 Å². The van der Waals surface area contributed by atoms with E-state index >= 15 is 0 Å². The highest BCUT2D eigenvalue weighted by Crippen LogP contribution is 2.23. The van der Waals surface area contributed by atoms with Crippen molar-refractivity contribution in [1.29, 1.82) is 0 Å². The molecule has 1 aromatic rings. The second-order valence-electron chi connectivity index (χ2n) is 2.56. The van der Waals surface area contributed by atoms with E-state index in [-0.39, 0.29) is 0 Å². The van der Waals surface area contributed by atoms with Crippen molar-refractivity contribution in [2.24, 2.45) is 5.84 Å². The maximum Gasteiger partial charge on any atom is 0.0529 e. The number of hydrogen-bond acceptors (Lipinski definition) is 2. The number of rotatable bonds is 1. The fourth-order valence-corrected chi connectivity index (χ4v) is 1.15. The van der Waals surface area contributed by atoms with Gasteiger partial charge in [0.05, 0.1) is 5.69 Å². The fourth-order valence-electron chi connectivity index (χ4n) is 0.981. The predicted octanol–water partition coefficient (Wildman–Crippen LogP) is 2.24. The average Bonchev–Trinajstić information content (AvgIpc) is 1.97. The number of nitrogens with one attached hydrogen (secondary N) is 1. The summed E-state index contributed by atoms with van der Waals surface area (Å²) in [6, 6.07) is 3.82. The lowest BCUT2D eigenvalue weighted by molar-refractivity contribution is 1.29. The summed E-state index contributed by atoms with van der Waals surface area (Å²) in [6.45, 7) is 3.95. The lowest BCUT2D eigenvalue weighted by Gasteiger charge is -2.06. The van der Waals surface area contributed by atoms with E-state index < -0.39 is 0 Å². The van der Waals surface area contributed by atoms with Gasteiger partial charge in [0.1, 0.15) is 0 Å². The lowest BCUT2D eigenvalue weighted by atomic mass is 10.1. The van der Waals surface area contributed by atoms with Crippen LogP contribution < -0.4 is 11.3 Å². The van der Waals surface area contributed by atoms with Gasteiger partial charge < -0.3 is 5.43 Å². The van der Waals surface area contributed by atoms with Crippen LogP contribution >= 0.6 is 11.6 Å². The van der Waals surface area contributed by atoms with Crippen LogP contribution in [0.1, 0.15) is 11.1 Å². The Hall–Kier alpha value is -0.730. The first-order valence-electron chi connectivity index (χ1n) is 3.38. The van der Waals surface area contributed by atoms with Crippen molar-refractivity contribution in [3.05, 3.63) is 28.3 Å². The quantitative estimate of drug-likeness (QED) is 0.501. The monoisotopic (exact) mass is 170 g/mol. The van der Waals surface area contributed by atoms with Gasteiger partial charge in [-0.3, -0.25) is 5.84 Å². The van der Waals surface area contributed by atoms with Crippen LogP contribution in [-0.2, 0) is 0 Å². The molecule has 0 aliphatic carbocycles. The molecule has 0 unspecified atom stereocenters. The van der Waals surface area contributed by atoms with Gasteiger partial charge in [-0.1, -0.05) is 17.7 Å². The van der Waals surface area contributed by atoms with Crippen LogP contribution in [0, 0.1) is 13.8 Å². The Morgan fingerprint density at radius 2 is 1.91 bits per heavy atom. The minimum Gasteiger partial charge on any atom is -0.324 e. The van der Waals surface area contributed by atoms with Crippen molar-refractivity contribution in [2.75, 3.05) is 5.43 Å². The third-order valence-electron chi connectivity index (χ3n) is 1.66. The topological polar surface area (TPSA) is 38.0 Å². The van der Waals surface area contributed by atoms with Crippen molar-refractivity contribution in [3.63, 3.8) is 0 Å². The normalized spacial score (nSPS) is 9.82. The molecule has 0 aromatic heterocycles. The number of hydrogen-bond donors (Lipinski definition) is 2. The van der Waals surface area contributed by atoms with Gasteiger partial charge in [0.25, 0.3) is 0 Å². The van der Waals surface area contributed by atoms with E-state index in [2.05, 4.69) is 5.43 Å². The number of halogens is 1. The summed E-state index contributed by atoms with van der Waals surface area (Å²) in [5, 5.41) is 0.739. The number of hydrazine groups is 1. The first-order valence-corrected chi connectivity index (χ1v) is 3.76. The van der Waals surface area contributed by atoms with Crippen molar-refractivity contribution >= 4 is 17.3 Å². The zero-order valence-electron chi connectivity index (χ0n) is 6.61. The van der Waals surface area contributed by atoms with Crippen molar-refractivity contribution in [3.8, 4) is 0 Å². The summed E-state index contributed by atoms with van der Waals surface area (Å²) < 4.78 is 0. The van der Waals surface area contributed by atoms with Crippen LogP contribution in [-0.4, -0.2) is 0 Å². The molecule has 3 heteroatoms. The number of nitrogens with two attached hydrogens (primary N) is 1. The summed E-state index contributed by atoms with van der Waals surface area (Å²) in [5.74, 6) is 5.26. The van der Waals surface area contributed by atoms with Crippen molar-refractivity contribution < 1.29 is 0 Å². The van der Waals surface area contributed by atoms with Crippen molar-refractivity contribution in [1.82, 2.24) is 0 Å². The second kappa shape index (κ2) is 3.11. The van der Waals surface area contributed by atoms with Gasteiger partial charge in [-0.25, -0.2) is 0 Å². The zero-order valence-corrected chi connectivity index (χ0v) is 7.37. The molecule has 11 heavy (non-hydrogen) atoms. The molecule has 0 amide bonds. The van der Waals surface area contributed by atoms with E-state index in [0.717, 1.165) is 21.8 Å². The largest absolute Gasteiger partial charge is 0.324 e. The fraction of sp³-hybridized carbons (Fsp3) is 0.250. The molecule has 0 saturated heterocycles. The smallest absolute Gasteiger partial charge is 0.0529 e. The SMILES string of the molecule is Cc1cc(C)c(NN)cc1Cl. The van der Waals surface area contributed by atoms with E-state index in [1.807, 2.05) is 26.0 Å². The first kappa shape index (κ1) is 8.37. The lowest BCUT2D eigenvalue weighted by Crippen LogP contribution is -2.08. The Bertz CT molecular complexity index is 271. The molecule has 0 aliphatic heterocycles. The van der Waals surface area contributed by atoms with Gasteiger partial charge in [-0.2, -0.15) is 0 Å². The average molecular weight is 171 g/mol. The minimum atomic E-state index is 0.739. The van der Waals surface area contributed by atoms with E-state index in [4.69, 9.17) is 17.4 Å². The third kappa shape index (κ3) is 1.64. The Labute approximate surface area is 71.3 Å². The predicted molar refractivity (Wildman–Crippen MR) is 48.7 cm³/mol. The minimum absolute atomic E-state index is 0.739. The van der Waals surface area contributed by atoms with Gasteiger partial charge in [0, 0.05) is 5.02 Å².